The molecule has 0 rings (SSSR count). The lowest BCUT2D eigenvalue weighted by molar-refractivity contribution is -0.140. The highest BCUT2D eigenvalue weighted by Gasteiger charge is 2.01. The van der Waals surface area contributed by atoms with Gasteiger partial charge in [-0.2, -0.15) is 0 Å². The van der Waals surface area contributed by atoms with E-state index < -0.39 is 5.97 Å². The lowest BCUT2D eigenvalue weighted by Crippen LogP contribution is -2.12. The number of hydrogen-bond donors (Lipinski definition) is 1. The van der Waals surface area contributed by atoms with Crippen LogP contribution in [0.1, 0.15) is 20.8 Å². The third-order valence-corrected chi connectivity index (χ3v) is 1.45. The Balaban J connectivity index is 0. The first kappa shape index (κ1) is 18.5. The van der Waals surface area contributed by atoms with Crippen LogP contribution in [-0.2, 0) is 19.0 Å². The smallest absolute Gasteiger partial charge is 0.333 e. The Morgan fingerprint density at radius 2 is 1.71 bits per heavy atom. The Labute approximate surface area is 103 Å². The van der Waals surface area contributed by atoms with Crippen molar-refractivity contribution in [1.82, 2.24) is 0 Å². The van der Waals surface area contributed by atoms with Crippen molar-refractivity contribution in [3.8, 4) is 0 Å². The van der Waals surface area contributed by atoms with Gasteiger partial charge in [-0.25, -0.2) is 4.79 Å². The van der Waals surface area contributed by atoms with Crippen molar-refractivity contribution in [2.24, 2.45) is 0 Å². The first-order valence-electron chi connectivity index (χ1n) is 5.69. The Kier molecular flexibility index (Phi) is 16.4. The minimum Gasteiger partial charge on any atom is -0.460 e. The summed E-state index contributed by atoms with van der Waals surface area (Å²) in [5.74, 6) is -0.414. The van der Waals surface area contributed by atoms with Crippen molar-refractivity contribution in [3.63, 3.8) is 0 Å². The van der Waals surface area contributed by atoms with E-state index in [0.717, 1.165) is 13.2 Å². The molecule has 0 aromatic carbocycles. The molecular formula is C12H24O5. The van der Waals surface area contributed by atoms with Crippen molar-refractivity contribution in [2.75, 3.05) is 39.6 Å². The summed E-state index contributed by atoms with van der Waals surface area (Å²) >= 11 is 0. The van der Waals surface area contributed by atoms with E-state index in [1.807, 2.05) is 13.8 Å². The number of aliphatic hydroxyl groups excluding tert-OH is 1. The third-order valence-electron chi connectivity index (χ3n) is 1.45. The Hall–Kier alpha value is -0.910. The monoisotopic (exact) mass is 248 g/mol. The molecule has 102 valence electrons. The van der Waals surface area contributed by atoms with Gasteiger partial charge in [0.15, 0.2) is 0 Å². The molecule has 0 aromatic rings. The van der Waals surface area contributed by atoms with Crippen LogP contribution in [0.2, 0.25) is 0 Å². The first-order chi connectivity index (χ1) is 8.09. The zero-order valence-corrected chi connectivity index (χ0v) is 11.0. The predicted octanol–water partition coefficient (Wildman–Crippen LogP) is 1.16. The van der Waals surface area contributed by atoms with Crippen LogP contribution in [0.25, 0.3) is 0 Å². The summed E-state index contributed by atoms with van der Waals surface area (Å²) in [6, 6.07) is 0. The molecular weight excluding hydrogens is 224 g/mol. The zero-order valence-electron chi connectivity index (χ0n) is 11.0. The third kappa shape index (κ3) is 17.7. The molecule has 5 heteroatoms. The minimum atomic E-state index is -0.414. The lowest BCUT2D eigenvalue weighted by Gasteiger charge is -2.03. The quantitative estimate of drug-likeness (QED) is 0.396. The maximum atomic E-state index is 10.7. The van der Waals surface area contributed by atoms with Crippen molar-refractivity contribution < 1.29 is 24.1 Å². The van der Waals surface area contributed by atoms with Crippen LogP contribution < -0.4 is 0 Å². The number of carbonyl (C=O) groups is 1. The van der Waals surface area contributed by atoms with Crippen LogP contribution in [0.3, 0.4) is 0 Å². The fraction of sp³-hybridized carbons (Fsp3) is 0.750. The summed E-state index contributed by atoms with van der Waals surface area (Å²) in [5, 5.41) is 8.32. The van der Waals surface area contributed by atoms with E-state index in [4.69, 9.17) is 19.3 Å². The number of aliphatic hydroxyl groups is 1. The van der Waals surface area contributed by atoms with Crippen molar-refractivity contribution >= 4 is 5.97 Å². The normalized spacial score (nSPS) is 9.18. The van der Waals surface area contributed by atoms with E-state index in [9.17, 15) is 4.79 Å². The molecule has 0 saturated heterocycles. The largest absolute Gasteiger partial charge is 0.460 e. The Bertz CT molecular complexity index is 189. The topological polar surface area (TPSA) is 65.0 Å². The number of esters is 1. The number of hydrogen-bond acceptors (Lipinski definition) is 5. The van der Waals surface area contributed by atoms with Crippen molar-refractivity contribution in [1.29, 1.82) is 0 Å². The van der Waals surface area contributed by atoms with E-state index in [2.05, 4.69) is 6.58 Å². The maximum Gasteiger partial charge on any atom is 0.333 e. The van der Waals surface area contributed by atoms with E-state index in [-0.39, 0.29) is 19.8 Å². The summed E-state index contributed by atoms with van der Waals surface area (Å²) < 4.78 is 14.4. The van der Waals surface area contributed by atoms with Gasteiger partial charge in [0.2, 0.25) is 0 Å². The summed E-state index contributed by atoms with van der Waals surface area (Å²) in [4.78, 5) is 10.7. The predicted molar refractivity (Wildman–Crippen MR) is 65.8 cm³/mol. The number of ether oxygens (including phenoxy) is 3. The highest BCUT2D eigenvalue weighted by Crippen LogP contribution is 1.91. The molecule has 0 saturated carbocycles. The molecule has 0 atom stereocenters. The lowest BCUT2D eigenvalue weighted by atomic mass is 10.4. The molecule has 0 bridgehead atoms. The Morgan fingerprint density at radius 3 is 2.06 bits per heavy atom. The van der Waals surface area contributed by atoms with E-state index in [1.54, 1.807) is 6.92 Å². The van der Waals surface area contributed by atoms with Gasteiger partial charge in [-0.05, 0) is 20.8 Å². The summed E-state index contributed by atoms with van der Waals surface area (Å²) in [5.41, 5.74) is 0.372. The van der Waals surface area contributed by atoms with Gasteiger partial charge in [0, 0.05) is 18.8 Å². The van der Waals surface area contributed by atoms with Crippen molar-refractivity contribution in [3.05, 3.63) is 12.2 Å². The Morgan fingerprint density at radius 1 is 1.12 bits per heavy atom. The molecule has 1 N–H and O–H groups in total. The molecule has 17 heavy (non-hydrogen) atoms. The number of rotatable bonds is 8. The highest BCUT2D eigenvalue weighted by molar-refractivity contribution is 5.86. The van der Waals surface area contributed by atoms with Gasteiger partial charge in [0.25, 0.3) is 0 Å². The average molecular weight is 248 g/mol. The second kappa shape index (κ2) is 15.1. The fourth-order valence-electron chi connectivity index (χ4n) is 0.687. The van der Waals surface area contributed by atoms with Crippen LogP contribution in [0, 0.1) is 0 Å². The molecule has 0 unspecified atom stereocenters. The van der Waals surface area contributed by atoms with Gasteiger partial charge < -0.3 is 19.3 Å². The molecule has 0 aliphatic heterocycles. The zero-order chi connectivity index (χ0) is 13.5. The highest BCUT2D eigenvalue weighted by atomic mass is 16.6. The van der Waals surface area contributed by atoms with Gasteiger partial charge in [0.05, 0.1) is 19.8 Å². The summed E-state index contributed by atoms with van der Waals surface area (Å²) in [6.45, 7) is 11.4. The molecule has 0 amide bonds. The maximum absolute atomic E-state index is 10.7. The van der Waals surface area contributed by atoms with Crippen LogP contribution in [0.5, 0.6) is 0 Å². The van der Waals surface area contributed by atoms with E-state index in [1.165, 1.54) is 0 Å². The molecule has 0 radical (unpaired) electrons. The molecule has 5 nitrogen and oxygen atoms in total. The van der Waals surface area contributed by atoms with Gasteiger partial charge in [0.1, 0.15) is 6.61 Å². The second-order valence-corrected chi connectivity index (χ2v) is 3.03. The average Bonchev–Trinajstić information content (AvgIpc) is 2.30. The molecule has 0 spiro atoms. The van der Waals surface area contributed by atoms with Gasteiger partial charge in [-0.3, -0.25) is 0 Å². The van der Waals surface area contributed by atoms with Crippen LogP contribution in [0.4, 0.5) is 0 Å². The van der Waals surface area contributed by atoms with Gasteiger partial charge >= 0.3 is 5.97 Å². The molecule has 0 heterocycles. The molecule has 0 aliphatic rings. The minimum absolute atomic E-state index is 0.0194. The van der Waals surface area contributed by atoms with Crippen molar-refractivity contribution in [2.45, 2.75) is 20.8 Å². The molecule has 0 aromatic heterocycles. The second-order valence-electron chi connectivity index (χ2n) is 3.03. The van der Waals surface area contributed by atoms with Crippen LogP contribution in [0.15, 0.2) is 12.2 Å². The van der Waals surface area contributed by atoms with Gasteiger partial charge in [-0.1, -0.05) is 6.58 Å². The first-order valence-corrected chi connectivity index (χ1v) is 5.69. The van der Waals surface area contributed by atoms with Crippen LogP contribution in [-0.4, -0.2) is 50.7 Å². The molecule has 0 aliphatic carbocycles. The molecule has 0 fully saturated rings. The summed E-state index contributed by atoms with van der Waals surface area (Å²) in [7, 11) is 0. The summed E-state index contributed by atoms with van der Waals surface area (Å²) in [6.07, 6.45) is 0. The van der Waals surface area contributed by atoms with Gasteiger partial charge in [-0.15, -0.1) is 0 Å². The van der Waals surface area contributed by atoms with Crippen LogP contribution >= 0.6 is 0 Å². The fourth-order valence-corrected chi connectivity index (χ4v) is 0.687. The van der Waals surface area contributed by atoms with E-state index in [0.29, 0.717) is 12.2 Å². The van der Waals surface area contributed by atoms with E-state index >= 15 is 0 Å². The standard InChI is InChI=1S/C8H14O4.C4H10O/c1-7(2)8(10)12-6-5-11-4-3-9;1-3-5-4-2/h9H,1,3-6H2,2H3;3-4H2,1-2H3. The number of carbonyl (C=O) groups excluding carboxylic acids is 1. The SMILES string of the molecule is C=C(C)C(=O)OCCOCCO.CCOCC.